The van der Waals surface area contributed by atoms with Gasteiger partial charge in [-0.2, -0.15) is 0 Å². The minimum atomic E-state index is -0.179. The molecule has 2 aromatic heterocycles. The first-order valence-electron chi connectivity index (χ1n) is 10.0. The zero-order chi connectivity index (χ0) is 21.5. The van der Waals surface area contributed by atoms with E-state index in [1.165, 1.54) is 0 Å². The van der Waals surface area contributed by atoms with Gasteiger partial charge in [0, 0.05) is 6.20 Å². The van der Waals surface area contributed by atoms with Crippen LogP contribution in [0.4, 0.5) is 0 Å². The second-order valence-corrected chi connectivity index (χ2v) is 7.84. The fraction of sp³-hybridized carbons (Fsp3) is 0.0800. The van der Waals surface area contributed by atoms with Crippen molar-refractivity contribution >= 4 is 23.3 Å². The van der Waals surface area contributed by atoms with Crippen LogP contribution in [0.2, 0.25) is 0 Å². The Morgan fingerprint density at radius 2 is 1.29 bits per heavy atom. The molecule has 6 heteroatoms. The molecule has 2 heterocycles. The Hall–Kier alpha value is -3.77. The van der Waals surface area contributed by atoms with Crippen molar-refractivity contribution in [3.8, 4) is 17.1 Å². The summed E-state index contributed by atoms with van der Waals surface area (Å²) >= 11 is 5.89. The van der Waals surface area contributed by atoms with Crippen molar-refractivity contribution in [1.82, 2.24) is 18.9 Å². The maximum Gasteiger partial charge on any atom is 0.270 e. The van der Waals surface area contributed by atoms with Gasteiger partial charge in [-0.15, -0.1) is 5.10 Å². The fourth-order valence-corrected chi connectivity index (χ4v) is 4.22. The van der Waals surface area contributed by atoms with Gasteiger partial charge in [-0.25, -0.2) is 4.68 Å². The Balaban J connectivity index is 1.95. The van der Waals surface area contributed by atoms with Gasteiger partial charge in [-0.05, 0) is 61.5 Å². The first kappa shape index (κ1) is 19.2. The van der Waals surface area contributed by atoms with Gasteiger partial charge in [0.15, 0.2) is 10.4 Å². The molecule has 0 atom stereocenters. The molecule has 0 aliphatic carbocycles. The number of para-hydroxylation sites is 3. The van der Waals surface area contributed by atoms with E-state index in [1.807, 2.05) is 97.3 Å². The van der Waals surface area contributed by atoms with Crippen LogP contribution in [-0.2, 0) is 0 Å². The highest BCUT2D eigenvalue weighted by Gasteiger charge is 2.19. The van der Waals surface area contributed by atoms with E-state index < -0.39 is 0 Å². The minimum Gasteiger partial charge on any atom is -0.268 e. The van der Waals surface area contributed by atoms with Gasteiger partial charge in [-0.3, -0.25) is 13.9 Å². The average molecular weight is 425 g/mol. The lowest BCUT2D eigenvalue weighted by atomic mass is 10.2. The largest absolute Gasteiger partial charge is 0.270 e. The summed E-state index contributed by atoms with van der Waals surface area (Å²) in [4.78, 5) is 13.6. The lowest BCUT2D eigenvalue weighted by Gasteiger charge is -2.16. The highest BCUT2D eigenvalue weighted by molar-refractivity contribution is 7.71. The Bertz CT molecular complexity index is 1540. The topological polar surface area (TPSA) is 44.8 Å². The summed E-state index contributed by atoms with van der Waals surface area (Å²) in [5.74, 6) is 0. The third-order valence-electron chi connectivity index (χ3n) is 5.46. The molecular formula is C25H20N4OS. The highest BCUT2D eigenvalue weighted by atomic mass is 32.1. The van der Waals surface area contributed by atoms with E-state index in [4.69, 9.17) is 17.3 Å². The van der Waals surface area contributed by atoms with E-state index in [0.29, 0.717) is 15.8 Å². The number of aromatic nitrogens is 4. The minimum absolute atomic E-state index is 0.179. The lowest BCUT2D eigenvalue weighted by Crippen LogP contribution is -2.24. The summed E-state index contributed by atoms with van der Waals surface area (Å²) in [5, 5.41) is 5.28. The van der Waals surface area contributed by atoms with Gasteiger partial charge in [0.1, 0.15) is 5.39 Å². The summed E-state index contributed by atoms with van der Waals surface area (Å²) < 4.78 is 5.63. The van der Waals surface area contributed by atoms with Crippen LogP contribution in [0.1, 0.15) is 11.1 Å². The Morgan fingerprint density at radius 3 is 1.90 bits per heavy atom. The van der Waals surface area contributed by atoms with E-state index in [2.05, 4.69) is 0 Å². The molecule has 0 saturated carbocycles. The van der Waals surface area contributed by atoms with Crippen LogP contribution in [0.15, 0.2) is 89.9 Å². The predicted octanol–water partition coefficient (Wildman–Crippen LogP) is 5.31. The molecule has 0 spiro atoms. The summed E-state index contributed by atoms with van der Waals surface area (Å²) in [5.41, 5.74) is 4.93. The number of aryl methyl sites for hydroxylation is 2. The third-order valence-corrected chi connectivity index (χ3v) is 5.82. The molecule has 5 aromatic rings. The van der Waals surface area contributed by atoms with Crippen molar-refractivity contribution in [2.75, 3.05) is 0 Å². The van der Waals surface area contributed by atoms with Crippen molar-refractivity contribution in [3.05, 3.63) is 111 Å². The van der Waals surface area contributed by atoms with Crippen molar-refractivity contribution < 1.29 is 0 Å². The Morgan fingerprint density at radius 1 is 0.742 bits per heavy atom. The number of fused-ring (bicyclic) bond motifs is 1. The molecular weight excluding hydrogens is 404 g/mol. The molecule has 0 aliphatic rings. The number of hydrogen-bond acceptors (Lipinski definition) is 3. The fourth-order valence-electron chi connectivity index (χ4n) is 3.85. The summed E-state index contributed by atoms with van der Waals surface area (Å²) in [7, 11) is 0. The zero-order valence-corrected chi connectivity index (χ0v) is 18.0. The van der Waals surface area contributed by atoms with Gasteiger partial charge in [0.2, 0.25) is 0 Å². The van der Waals surface area contributed by atoms with Crippen molar-refractivity contribution in [2.45, 2.75) is 13.8 Å². The molecule has 0 unspecified atom stereocenters. The van der Waals surface area contributed by atoms with Crippen LogP contribution >= 0.6 is 12.2 Å². The van der Waals surface area contributed by atoms with Crippen LogP contribution in [0.5, 0.6) is 0 Å². The molecule has 0 bridgehead atoms. The van der Waals surface area contributed by atoms with E-state index in [9.17, 15) is 4.79 Å². The van der Waals surface area contributed by atoms with E-state index in [1.54, 1.807) is 15.4 Å². The Labute approximate surface area is 184 Å². The SMILES string of the molecule is Cc1ccccc1-n1c(=O)c2cn(-c3ccccc3)nc2n(-c2ccccc2C)c1=S. The first-order chi connectivity index (χ1) is 15.1. The lowest BCUT2D eigenvalue weighted by molar-refractivity contribution is 0.838. The zero-order valence-electron chi connectivity index (χ0n) is 17.2. The molecule has 0 saturated heterocycles. The molecule has 31 heavy (non-hydrogen) atoms. The molecule has 3 aromatic carbocycles. The third kappa shape index (κ3) is 3.12. The number of rotatable bonds is 3. The highest BCUT2D eigenvalue weighted by Crippen LogP contribution is 2.23. The smallest absolute Gasteiger partial charge is 0.268 e. The summed E-state index contributed by atoms with van der Waals surface area (Å²) in [6.45, 7) is 4.01. The van der Waals surface area contributed by atoms with Gasteiger partial charge in [0.05, 0.1) is 17.1 Å². The van der Waals surface area contributed by atoms with Crippen molar-refractivity contribution in [2.24, 2.45) is 0 Å². The van der Waals surface area contributed by atoms with Gasteiger partial charge < -0.3 is 0 Å². The maximum absolute atomic E-state index is 13.6. The van der Waals surface area contributed by atoms with E-state index in [-0.39, 0.29) is 5.56 Å². The molecule has 0 fully saturated rings. The molecule has 0 radical (unpaired) electrons. The van der Waals surface area contributed by atoms with E-state index in [0.717, 1.165) is 28.2 Å². The van der Waals surface area contributed by atoms with Crippen LogP contribution in [0, 0.1) is 18.6 Å². The van der Waals surface area contributed by atoms with Crippen LogP contribution in [-0.4, -0.2) is 18.9 Å². The molecule has 0 aliphatic heterocycles. The number of benzene rings is 3. The van der Waals surface area contributed by atoms with Gasteiger partial charge in [-0.1, -0.05) is 54.6 Å². The molecule has 5 nitrogen and oxygen atoms in total. The van der Waals surface area contributed by atoms with Gasteiger partial charge in [0.25, 0.3) is 5.56 Å². The number of hydrogen-bond donors (Lipinski definition) is 0. The standard InChI is InChI=1S/C25H20N4OS/c1-17-10-6-8-14-21(17)28-23-20(16-27(26-23)19-12-4-3-5-13-19)24(30)29(25(28)31)22-15-9-7-11-18(22)2/h3-16H,1-2H3. The molecule has 5 rings (SSSR count). The summed E-state index contributed by atoms with van der Waals surface area (Å²) in [6.07, 6.45) is 1.78. The molecule has 0 N–H and O–H groups in total. The summed E-state index contributed by atoms with van der Waals surface area (Å²) in [6, 6.07) is 25.5. The van der Waals surface area contributed by atoms with Gasteiger partial charge >= 0.3 is 0 Å². The number of nitrogens with zero attached hydrogens (tertiary/aromatic N) is 4. The quantitative estimate of drug-likeness (QED) is 0.369. The second-order valence-electron chi connectivity index (χ2n) is 7.48. The van der Waals surface area contributed by atoms with Crippen LogP contribution < -0.4 is 5.56 Å². The molecule has 0 amide bonds. The second kappa shape index (κ2) is 7.49. The predicted molar refractivity (Wildman–Crippen MR) is 126 cm³/mol. The van der Waals surface area contributed by atoms with Crippen molar-refractivity contribution in [1.29, 1.82) is 0 Å². The monoisotopic (exact) mass is 424 g/mol. The van der Waals surface area contributed by atoms with Crippen LogP contribution in [0.25, 0.3) is 28.1 Å². The maximum atomic E-state index is 13.6. The van der Waals surface area contributed by atoms with Crippen molar-refractivity contribution in [3.63, 3.8) is 0 Å². The molecule has 152 valence electrons. The normalized spacial score (nSPS) is 11.2. The average Bonchev–Trinajstić information content (AvgIpc) is 3.22. The van der Waals surface area contributed by atoms with E-state index >= 15 is 0 Å². The van der Waals surface area contributed by atoms with Crippen LogP contribution in [0.3, 0.4) is 0 Å². The first-order valence-corrected chi connectivity index (χ1v) is 10.4. The Kier molecular flexibility index (Phi) is 4.64.